The van der Waals surface area contributed by atoms with E-state index in [4.69, 9.17) is 23.2 Å². The van der Waals surface area contributed by atoms with Crippen LogP contribution >= 0.6 is 35.0 Å². The summed E-state index contributed by atoms with van der Waals surface area (Å²) >= 11 is 13.9. The minimum absolute atomic E-state index is 0.117. The van der Waals surface area contributed by atoms with E-state index < -0.39 is 54.7 Å². The predicted octanol–water partition coefficient (Wildman–Crippen LogP) is 2.17. The number of carboxylic acid groups (broad SMARTS) is 1. The maximum absolute atomic E-state index is 13.1. The molecular weight excluding hydrogens is 593 g/mol. The first-order valence-corrected chi connectivity index (χ1v) is 14.2. The van der Waals surface area contributed by atoms with Crippen molar-refractivity contribution in [3.05, 3.63) is 75.5 Å². The van der Waals surface area contributed by atoms with Crippen LogP contribution < -0.4 is 10.6 Å². The fraction of sp³-hybridized carbons (Fsp3) is 0.308. The molecule has 41 heavy (non-hydrogen) atoms. The lowest BCUT2D eigenvalue weighted by Crippen LogP contribution is -2.52. The van der Waals surface area contributed by atoms with Crippen LogP contribution in [0.15, 0.2) is 53.5 Å². The number of aliphatic imine (C=N–C) groups is 1. The third-order valence-corrected chi connectivity index (χ3v) is 7.92. The Morgan fingerprint density at radius 1 is 1.07 bits per heavy atom. The van der Waals surface area contributed by atoms with Gasteiger partial charge in [-0.15, -0.1) is 16.9 Å². The van der Waals surface area contributed by atoms with Crippen molar-refractivity contribution in [2.45, 2.75) is 44.4 Å². The molecule has 214 valence electrons. The summed E-state index contributed by atoms with van der Waals surface area (Å²) in [6, 6.07) is 11.3. The Bertz CT molecular complexity index is 1460. The number of Topliss-reactive ketones (excluding diaryl/α,β-unsaturated/α-hetero) is 1. The first kappa shape index (κ1) is 30.2. The number of aliphatic carboxylic acids is 1. The first-order chi connectivity index (χ1) is 19.6. The van der Waals surface area contributed by atoms with Gasteiger partial charge >= 0.3 is 5.97 Å². The van der Waals surface area contributed by atoms with Crippen molar-refractivity contribution in [1.82, 2.24) is 30.8 Å². The lowest BCUT2D eigenvalue weighted by atomic mass is 10.1. The van der Waals surface area contributed by atoms with Crippen molar-refractivity contribution in [3.63, 3.8) is 0 Å². The van der Waals surface area contributed by atoms with Crippen LogP contribution in [0, 0.1) is 0 Å². The molecule has 4 rings (SSSR count). The average Bonchev–Trinajstić information content (AvgIpc) is 3.61. The largest absolute Gasteiger partial charge is 0.481 e. The van der Waals surface area contributed by atoms with Crippen LogP contribution in [0.5, 0.6) is 0 Å². The van der Waals surface area contributed by atoms with Gasteiger partial charge in [0.1, 0.15) is 18.6 Å². The highest BCUT2D eigenvalue weighted by Gasteiger charge is 2.30. The van der Waals surface area contributed by atoms with Crippen molar-refractivity contribution in [2.24, 2.45) is 4.99 Å². The van der Waals surface area contributed by atoms with E-state index in [0.717, 1.165) is 10.6 Å². The molecule has 2 aromatic carbocycles. The number of amides is 2. The second kappa shape index (κ2) is 13.7. The normalized spacial score (nSPS) is 16.0. The van der Waals surface area contributed by atoms with Crippen LogP contribution in [0.2, 0.25) is 10.0 Å². The molecule has 1 aliphatic rings. The molecule has 12 nitrogen and oxygen atoms in total. The van der Waals surface area contributed by atoms with Crippen LogP contribution in [0.3, 0.4) is 0 Å². The molecule has 1 aliphatic heterocycles. The number of tetrazole rings is 1. The lowest BCUT2D eigenvalue weighted by molar-refractivity contribution is -0.140. The fourth-order valence-electron chi connectivity index (χ4n) is 3.93. The number of nitrogens with one attached hydrogen (secondary N) is 2. The molecule has 2 amide bonds. The number of carbonyl (C=O) groups is 4. The highest BCUT2D eigenvalue weighted by atomic mass is 35.5. The summed E-state index contributed by atoms with van der Waals surface area (Å²) in [4.78, 5) is 54.7. The van der Waals surface area contributed by atoms with E-state index in [1.165, 1.54) is 23.4 Å². The van der Waals surface area contributed by atoms with Gasteiger partial charge in [0.2, 0.25) is 11.8 Å². The average molecular weight is 619 g/mol. The number of hydrogen-bond donors (Lipinski definition) is 3. The van der Waals surface area contributed by atoms with Crippen LogP contribution in [0.4, 0.5) is 0 Å². The van der Waals surface area contributed by atoms with Gasteiger partial charge in [-0.3, -0.25) is 24.2 Å². The molecule has 3 unspecified atom stereocenters. The van der Waals surface area contributed by atoms with E-state index in [1.807, 2.05) is 30.3 Å². The van der Waals surface area contributed by atoms with E-state index in [1.54, 1.807) is 18.2 Å². The Labute approximate surface area is 248 Å². The first-order valence-electron chi connectivity index (χ1n) is 12.4. The second-order valence-corrected chi connectivity index (χ2v) is 10.9. The molecule has 3 aromatic rings. The number of nitrogens with zero attached hydrogens (tertiary/aromatic N) is 5. The molecule has 3 atom stereocenters. The minimum Gasteiger partial charge on any atom is -0.481 e. The highest BCUT2D eigenvalue weighted by Crippen LogP contribution is 2.26. The topological polar surface area (TPSA) is 169 Å². The summed E-state index contributed by atoms with van der Waals surface area (Å²) < 4.78 is 1.19. The molecule has 0 bridgehead atoms. The Morgan fingerprint density at radius 3 is 2.46 bits per heavy atom. The molecular formula is C26H25Cl2N7O5S. The zero-order chi connectivity index (χ0) is 29.5. The summed E-state index contributed by atoms with van der Waals surface area (Å²) in [7, 11) is 0. The zero-order valence-corrected chi connectivity index (χ0v) is 24.0. The lowest BCUT2D eigenvalue weighted by Gasteiger charge is -2.20. The summed E-state index contributed by atoms with van der Waals surface area (Å²) in [5.41, 5.74) is 1.45. The monoisotopic (exact) mass is 617 g/mol. The van der Waals surface area contributed by atoms with Gasteiger partial charge < -0.3 is 15.7 Å². The Kier molecular flexibility index (Phi) is 10.1. The van der Waals surface area contributed by atoms with Crippen molar-refractivity contribution < 1.29 is 24.3 Å². The number of rotatable bonds is 12. The quantitative estimate of drug-likeness (QED) is 0.276. The molecule has 0 aliphatic carbocycles. The molecule has 0 fully saturated rings. The number of halogens is 2. The fourth-order valence-corrected chi connectivity index (χ4v) is 5.51. The standard InChI is InChI=1S/C26H25Cl2N7O5S/c1-14(29-25(40)20-13-41-26(31-20)15-6-3-2-4-7-15)24(39)30-19(11-23(37)38)21(36)12-35-22(32-33-34-35)10-16-17(27)8-5-9-18(16)28/h2-9,14,19-20H,10-13H2,1H3,(H,29,40)(H,30,39)(H,37,38). The second-order valence-electron chi connectivity index (χ2n) is 9.11. The molecule has 0 spiro atoms. The maximum atomic E-state index is 13.1. The SMILES string of the molecule is CC(NC(=O)C1CSC(c2ccccc2)=N1)C(=O)NC(CC(=O)O)C(=O)Cn1nnnc1Cc1c(Cl)cccc1Cl. The zero-order valence-electron chi connectivity index (χ0n) is 21.7. The number of benzene rings is 2. The smallest absolute Gasteiger partial charge is 0.305 e. The van der Waals surface area contributed by atoms with E-state index in [-0.39, 0.29) is 12.2 Å². The number of carboxylic acids is 1. The summed E-state index contributed by atoms with van der Waals surface area (Å²) in [5.74, 6) is -2.45. The Hall–Kier alpha value is -3.81. The van der Waals surface area contributed by atoms with Crippen LogP contribution in [0.25, 0.3) is 0 Å². The molecule has 3 N–H and O–H groups in total. The van der Waals surface area contributed by atoms with Gasteiger partial charge in [0, 0.05) is 27.8 Å². The molecule has 0 radical (unpaired) electrons. The number of thioether (sulfide) groups is 1. The number of ketones is 1. The summed E-state index contributed by atoms with van der Waals surface area (Å²) in [6.45, 7) is 1.02. The van der Waals surface area contributed by atoms with Gasteiger partial charge in [0.15, 0.2) is 11.6 Å². The molecule has 15 heteroatoms. The van der Waals surface area contributed by atoms with Crippen LogP contribution in [-0.4, -0.2) is 77.8 Å². The van der Waals surface area contributed by atoms with Gasteiger partial charge in [0.25, 0.3) is 0 Å². The van der Waals surface area contributed by atoms with Gasteiger partial charge in [0.05, 0.1) is 17.5 Å². The van der Waals surface area contributed by atoms with E-state index in [2.05, 4.69) is 31.2 Å². The van der Waals surface area contributed by atoms with Crippen LogP contribution in [-0.2, 0) is 32.1 Å². The van der Waals surface area contributed by atoms with Crippen molar-refractivity contribution in [1.29, 1.82) is 0 Å². The molecule has 0 saturated heterocycles. The van der Waals surface area contributed by atoms with E-state index in [9.17, 15) is 24.3 Å². The number of aromatic nitrogens is 4. The maximum Gasteiger partial charge on any atom is 0.305 e. The summed E-state index contributed by atoms with van der Waals surface area (Å²) in [6.07, 6.45) is -0.561. The summed E-state index contributed by atoms with van der Waals surface area (Å²) in [5, 5.41) is 27.2. The third-order valence-electron chi connectivity index (χ3n) is 6.12. The predicted molar refractivity (Wildman–Crippen MR) is 153 cm³/mol. The van der Waals surface area contributed by atoms with Gasteiger partial charge in [-0.1, -0.05) is 59.6 Å². The van der Waals surface area contributed by atoms with Crippen molar-refractivity contribution in [3.8, 4) is 0 Å². The number of hydrogen-bond acceptors (Lipinski definition) is 9. The van der Waals surface area contributed by atoms with Crippen molar-refractivity contribution >= 4 is 63.6 Å². The molecule has 2 heterocycles. The van der Waals surface area contributed by atoms with Crippen LogP contribution in [0.1, 0.15) is 30.3 Å². The van der Waals surface area contributed by atoms with E-state index >= 15 is 0 Å². The minimum atomic E-state index is -1.40. The Balaban J connectivity index is 1.38. The number of carbonyl (C=O) groups excluding carboxylic acids is 3. The van der Waals surface area contributed by atoms with E-state index in [0.29, 0.717) is 21.4 Å². The van der Waals surface area contributed by atoms with Crippen molar-refractivity contribution in [2.75, 3.05) is 5.75 Å². The van der Waals surface area contributed by atoms with Gasteiger partial charge in [-0.2, -0.15) is 0 Å². The van der Waals surface area contributed by atoms with Gasteiger partial charge in [-0.05, 0) is 35.0 Å². The highest BCUT2D eigenvalue weighted by molar-refractivity contribution is 8.14. The molecule has 1 aromatic heterocycles. The third kappa shape index (κ3) is 7.90. The Morgan fingerprint density at radius 2 is 1.78 bits per heavy atom. The van der Waals surface area contributed by atoms with Gasteiger partial charge in [-0.25, -0.2) is 4.68 Å². The molecule has 0 saturated carbocycles.